The molecule has 90 valence electrons. The van der Waals surface area contributed by atoms with Gasteiger partial charge in [-0.15, -0.1) is 10.2 Å². The van der Waals surface area contributed by atoms with Crippen molar-refractivity contribution in [2.24, 2.45) is 0 Å². The minimum atomic E-state index is -0.354. The average Bonchev–Trinajstić information content (AvgIpc) is 2.81. The number of nitrogens with zero attached hydrogens (tertiary/aromatic N) is 2. The van der Waals surface area contributed by atoms with Crippen LogP contribution in [-0.4, -0.2) is 10.2 Å². The van der Waals surface area contributed by atoms with E-state index in [-0.39, 0.29) is 10.6 Å². The second kappa shape index (κ2) is 5.27. The predicted octanol–water partition coefficient (Wildman–Crippen LogP) is 4.48. The van der Waals surface area contributed by atoms with Crippen LogP contribution in [0.2, 0.25) is 0 Å². The van der Waals surface area contributed by atoms with E-state index in [2.05, 4.69) is 42.1 Å². The SMILES string of the molecule is CCC(Br)c1nnc(-c2ccc(Br)c(F)c2)o1. The third kappa shape index (κ3) is 2.74. The van der Waals surface area contributed by atoms with Gasteiger partial charge in [0.25, 0.3) is 0 Å². The maximum atomic E-state index is 13.4. The minimum Gasteiger partial charge on any atom is -0.419 e. The molecule has 0 saturated heterocycles. The topological polar surface area (TPSA) is 38.9 Å². The van der Waals surface area contributed by atoms with Crippen LogP contribution in [0.5, 0.6) is 0 Å². The van der Waals surface area contributed by atoms with Crippen molar-refractivity contribution in [2.75, 3.05) is 0 Å². The lowest BCUT2D eigenvalue weighted by atomic mass is 10.2. The quantitative estimate of drug-likeness (QED) is 0.754. The first-order valence-electron chi connectivity index (χ1n) is 5.04. The number of halogens is 3. The molecule has 2 rings (SSSR count). The van der Waals surface area contributed by atoms with Crippen LogP contribution in [0.4, 0.5) is 4.39 Å². The lowest BCUT2D eigenvalue weighted by Gasteiger charge is -1.99. The van der Waals surface area contributed by atoms with Gasteiger partial charge in [0.1, 0.15) is 5.82 Å². The van der Waals surface area contributed by atoms with E-state index < -0.39 is 0 Å². The Balaban J connectivity index is 2.33. The normalized spacial score (nSPS) is 12.7. The summed E-state index contributed by atoms with van der Waals surface area (Å²) in [6.07, 6.45) is 0.844. The van der Waals surface area contributed by atoms with Crippen molar-refractivity contribution in [1.29, 1.82) is 0 Å². The van der Waals surface area contributed by atoms with Gasteiger partial charge in [0.2, 0.25) is 11.8 Å². The Hall–Kier alpha value is -0.750. The summed E-state index contributed by atoms with van der Waals surface area (Å²) in [5.41, 5.74) is 0.570. The van der Waals surface area contributed by atoms with Gasteiger partial charge < -0.3 is 4.42 Å². The molecular formula is C11H9Br2FN2O. The first kappa shape index (κ1) is 12.7. The number of benzene rings is 1. The third-order valence-corrected chi connectivity index (χ3v) is 3.92. The molecule has 2 aromatic rings. The largest absolute Gasteiger partial charge is 0.419 e. The van der Waals surface area contributed by atoms with Gasteiger partial charge in [-0.1, -0.05) is 22.9 Å². The summed E-state index contributed by atoms with van der Waals surface area (Å²) in [5, 5.41) is 7.82. The molecule has 0 N–H and O–H groups in total. The van der Waals surface area contributed by atoms with E-state index in [1.54, 1.807) is 12.1 Å². The Morgan fingerprint density at radius 3 is 2.82 bits per heavy atom. The fraction of sp³-hybridized carbons (Fsp3) is 0.273. The van der Waals surface area contributed by atoms with Crippen LogP contribution < -0.4 is 0 Å². The highest BCUT2D eigenvalue weighted by Gasteiger charge is 2.15. The highest BCUT2D eigenvalue weighted by molar-refractivity contribution is 9.10. The van der Waals surface area contributed by atoms with Crippen LogP contribution in [0.1, 0.15) is 24.1 Å². The van der Waals surface area contributed by atoms with Crippen LogP contribution in [0.3, 0.4) is 0 Å². The second-order valence-corrected chi connectivity index (χ2v) is 5.41. The number of alkyl halides is 1. The van der Waals surface area contributed by atoms with Crippen molar-refractivity contribution in [3.63, 3.8) is 0 Å². The smallest absolute Gasteiger partial charge is 0.247 e. The Kier molecular flexibility index (Phi) is 3.93. The van der Waals surface area contributed by atoms with E-state index in [4.69, 9.17) is 4.42 Å². The summed E-state index contributed by atoms with van der Waals surface area (Å²) in [5.74, 6) is 0.475. The van der Waals surface area contributed by atoms with Crippen molar-refractivity contribution in [3.05, 3.63) is 34.4 Å². The van der Waals surface area contributed by atoms with Gasteiger partial charge in [0, 0.05) is 5.56 Å². The average molecular weight is 364 g/mol. The Morgan fingerprint density at radius 1 is 1.41 bits per heavy atom. The molecule has 0 radical (unpaired) electrons. The fourth-order valence-electron chi connectivity index (χ4n) is 1.28. The third-order valence-electron chi connectivity index (χ3n) is 2.23. The monoisotopic (exact) mass is 362 g/mol. The standard InChI is InChI=1S/C11H9Br2FN2O/c1-2-7(12)11-16-15-10(17-11)6-3-4-8(13)9(14)5-6/h3-5,7H,2H2,1H3. The van der Waals surface area contributed by atoms with Gasteiger partial charge in [0.05, 0.1) is 9.30 Å². The molecule has 1 aromatic carbocycles. The molecule has 0 aliphatic heterocycles. The number of rotatable bonds is 3. The summed E-state index contributed by atoms with van der Waals surface area (Å²) in [4.78, 5) is 0.0315. The summed E-state index contributed by atoms with van der Waals surface area (Å²) in [6.45, 7) is 2.00. The molecule has 17 heavy (non-hydrogen) atoms. The van der Waals surface area contributed by atoms with Crippen LogP contribution in [0, 0.1) is 5.82 Å². The summed E-state index contributed by atoms with van der Waals surface area (Å²) in [7, 11) is 0. The van der Waals surface area contributed by atoms with Crippen LogP contribution in [-0.2, 0) is 0 Å². The van der Waals surface area contributed by atoms with Gasteiger partial charge in [-0.3, -0.25) is 0 Å². The van der Waals surface area contributed by atoms with Crippen molar-refractivity contribution >= 4 is 31.9 Å². The number of hydrogen-bond acceptors (Lipinski definition) is 3. The fourth-order valence-corrected chi connectivity index (χ4v) is 1.71. The van der Waals surface area contributed by atoms with Crippen molar-refractivity contribution < 1.29 is 8.81 Å². The molecule has 1 atom stereocenters. The van der Waals surface area contributed by atoms with Gasteiger partial charge in [0.15, 0.2) is 0 Å². The van der Waals surface area contributed by atoms with Gasteiger partial charge >= 0.3 is 0 Å². The molecule has 0 saturated carbocycles. The summed E-state index contributed by atoms with van der Waals surface area (Å²) < 4.78 is 19.2. The highest BCUT2D eigenvalue weighted by atomic mass is 79.9. The lowest BCUT2D eigenvalue weighted by Crippen LogP contribution is -1.86. The second-order valence-electron chi connectivity index (χ2n) is 3.45. The molecule has 0 bridgehead atoms. The first-order chi connectivity index (χ1) is 8.11. The zero-order valence-electron chi connectivity index (χ0n) is 8.95. The van der Waals surface area contributed by atoms with Crippen molar-refractivity contribution in [1.82, 2.24) is 10.2 Å². The predicted molar refractivity (Wildman–Crippen MR) is 69.4 cm³/mol. The molecule has 0 aliphatic rings. The highest BCUT2D eigenvalue weighted by Crippen LogP contribution is 2.28. The zero-order chi connectivity index (χ0) is 12.4. The lowest BCUT2D eigenvalue weighted by molar-refractivity contribution is 0.500. The molecule has 0 spiro atoms. The Bertz CT molecular complexity index is 530. The number of aromatic nitrogens is 2. The van der Waals surface area contributed by atoms with E-state index in [1.807, 2.05) is 6.92 Å². The van der Waals surface area contributed by atoms with Gasteiger partial charge in [-0.2, -0.15) is 0 Å². The summed E-state index contributed by atoms with van der Waals surface area (Å²) >= 11 is 6.51. The first-order valence-corrected chi connectivity index (χ1v) is 6.75. The molecule has 0 amide bonds. The maximum absolute atomic E-state index is 13.4. The molecule has 6 heteroatoms. The van der Waals surface area contributed by atoms with Crippen LogP contribution in [0.15, 0.2) is 27.1 Å². The van der Waals surface area contributed by atoms with E-state index in [1.165, 1.54) is 6.07 Å². The van der Waals surface area contributed by atoms with Crippen LogP contribution >= 0.6 is 31.9 Å². The van der Waals surface area contributed by atoms with Crippen molar-refractivity contribution in [2.45, 2.75) is 18.2 Å². The van der Waals surface area contributed by atoms with Crippen molar-refractivity contribution in [3.8, 4) is 11.5 Å². The Morgan fingerprint density at radius 2 is 2.18 bits per heavy atom. The molecule has 1 heterocycles. The molecule has 1 aromatic heterocycles. The molecule has 0 aliphatic carbocycles. The maximum Gasteiger partial charge on any atom is 0.247 e. The van der Waals surface area contributed by atoms with E-state index in [9.17, 15) is 4.39 Å². The minimum absolute atomic E-state index is 0.0315. The van der Waals surface area contributed by atoms with E-state index in [0.29, 0.717) is 21.8 Å². The number of hydrogen-bond donors (Lipinski definition) is 0. The zero-order valence-corrected chi connectivity index (χ0v) is 12.1. The summed E-state index contributed by atoms with van der Waals surface area (Å²) in [6, 6.07) is 4.69. The van der Waals surface area contributed by atoms with E-state index >= 15 is 0 Å². The van der Waals surface area contributed by atoms with Crippen LogP contribution in [0.25, 0.3) is 11.5 Å². The van der Waals surface area contributed by atoms with Gasteiger partial charge in [-0.25, -0.2) is 4.39 Å². The van der Waals surface area contributed by atoms with Gasteiger partial charge in [-0.05, 0) is 40.5 Å². The molecular weight excluding hydrogens is 355 g/mol. The Labute approximate surface area is 115 Å². The molecule has 1 unspecified atom stereocenters. The molecule has 0 fully saturated rings. The molecule has 3 nitrogen and oxygen atoms in total. The van der Waals surface area contributed by atoms with E-state index in [0.717, 1.165) is 6.42 Å².